The second-order valence-corrected chi connectivity index (χ2v) is 11.0. The van der Waals surface area contributed by atoms with E-state index in [0.29, 0.717) is 13.1 Å². The van der Waals surface area contributed by atoms with Crippen LogP contribution in [-0.4, -0.2) is 72.5 Å². The number of carboxylic acids is 1. The summed E-state index contributed by atoms with van der Waals surface area (Å²) in [5.41, 5.74) is 2.36. The first-order valence-corrected chi connectivity index (χ1v) is 13.7. The third-order valence-corrected chi connectivity index (χ3v) is 8.02. The number of benzene rings is 3. The van der Waals surface area contributed by atoms with Gasteiger partial charge >= 0.3 is 12.1 Å². The molecular weight excluding hydrogens is 522 g/mol. The van der Waals surface area contributed by atoms with Crippen LogP contribution < -0.4 is 10.6 Å². The first-order chi connectivity index (χ1) is 19.7. The number of likely N-dealkylation sites (tertiary alicyclic amines) is 1. The van der Waals surface area contributed by atoms with Crippen molar-refractivity contribution in [3.8, 4) is 11.1 Å². The lowest BCUT2D eigenvalue weighted by Gasteiger charge is -2.34. The van der Waals surface area contributed by atoms with Crippen molar-refractivity contribution in [3.63, 3.8) is 0 Å². The maximum Gasteiger partial charge on any atom is 0.408 e. The number of nitrogens with one attached hydrogen (secondary N) is 2. The second-order valence-electron chi connectivity index (χ2n) is 11.0. The fraction of sp³-hybridized carbons (Fsp3) is 0.344. The lowest BCUT2D eigenvalue weighted by Crippen LogP contribution is -2.66. The predicted molar refractivity (Wildman–Crippen MR) is 153 cm³/mol. The lowest BCUT2D eigenvalue weighted by atomic mass is 9.95. The van der Waals surface area contributed by atoms with Crippen molar-refractivity contribution in [3.05, 3.63) is 95.6 Å². The highest BCUT2D eigenvalue weighted by Gasteiger charge is 2.49. The van der Waals surface area contributed by atoms with Crippen LogP contribution in [0.3, 0.4) is 0 Å². The van der Waals surface area contributed by atoms with E-state index in [1.54, 1.807) is 0 Å². The zero-order valence-electron chi connectivity index (χ0n) is 23.3. The summed E-state index contributed by atoms with van der Waals surface area (Å²) in [6.45, 7) is 2.61. The number of amides is 2. The van der Waals surface area contributed by atoms with Gasteiger partial charge in [0, 0.05) is 32.7 Å². The van der Waals surface area contributed by atoms with Crippen molar-refractivity contribution in [2.24, 2.45) is 0 Å². The number of carbonyl (C=O) groups is 3. The van der Waals surface area contributed by atoms with Crippen LogP contribution in [0.15, 0.2) is 78.9 Å². The molecule has 9 heteroatoms. The maximum absolute atomic E-state index is 13.6. The topological polar surface area (TPSA) is 117 Å². The van der Waals surface area contributed by atoms with Crippen molar-refractivity contribution in [1.82, 2.24) is 15.5 Å². The minimum atomic E-state index is -1.56. The molecule has 9 nitrogen and oxygen atoms in total. The third kappa shape index (κ3) is 5.82. The highest BCUT2D eigenvalue weighted by atomic mass is 16.5. The molecule has 0 aromatic heterocycles. The van der Waals surface area contributed by atoms with Crippen molar-refractivity contribution >= 4 is 18.0 Å². The number of ether oxygens (including phenoxy) is 2. The first-order valence-electron chi connectivity index (χ1n) is 13.7. The van der Waals surface area contributed by atoms with Gasteiger partial charge in [0.25, 0.3) is 0 Å². The zero-order chi connectivity index (χ0) is 29.0. The van der Waals surface area contributed by atoms with Crippen molar-refractivity contribution < 1.29 is 29.0 Å². The molecule has 1 heterocycles. The quantitative estimate of drug-likeness (QED) is 0.347. The number of carboxylic acid groups (broad SMARTS) is 1. The molecule has 1 saturated heterocycles. The molecule has 214 valence electrons. The highest BCUT2D eigenvalue weighted by molar-refractivity contribution is 5.94. The molecule has 2 unspecified atom stereocenters. The Morgan fingerprint density at radius 2 is 1.59 bits per heavy atom. The van der Waals surface area contributed by atoms with E-state index in [0.717, 1.165) is 27.8 Å². The average molecular weight is 558 g/mol. The molecule has 2 atom stereocenters. The SMILES string of the molecule is COCC(C)(NC(=O)OCC1c2ccccc2-c2ccccc21)C(=O)NC1(C(=O)O)CCN(Cc2ccccc2)C1. The van der Waals surface area contributed by atoms with Crippen LogP contribution in [0.1, 0.15) is 36.0 Å². The van der Waals surface area contributed by atoms with E-state index in [-0.39, 0.29) is 32.1 Å². The Bertz CT molecular complexity index is 1380. The Balaban J connectivity index is 1.25. The van der Waals surface area contributed by atoms with E-state index in [1.165, 1.54) is 14.0 Å². The fourth-order valence-corrected chi connectivity index (χ4v) is 5.86. The van der Waals surface area contributed by atoms with Crippen LogP contribution in [0.2, 0.25) is 0 Å². The number of carbonyl (C=O) groups excluding carboxylic acids is 2. The Hall–Kier alpha value is -4.21. The number of alkyl carbamates (subject to hydrolysis) is 1. The number of fused-ring (bicyclic) bond motifs is 3. The Morgan fingerprint density at radius 3 is 2.20 bits per heavy atom. The van der Waals surface area contributed by atoms with E-state index in [2.05, 4.69) is 22.8 Å². The molecule has 41 heavy (non-hydrogen) atoms. The van der Waals surface area contributed by atoms with Crippen molar-refractivity contribution in [1.29, 1.82) is 0 Å². The molecule has 1 aliphatic heterocycles. The number of hydrogen-bond acceptors (Lipinski definition) is 6. The van der Waals surface area contributed by atoms with Crippen LogP contribution in [0.5, 0.6) is 0 Å². The van der Waals surface area contributed by atoms with Gasteiger partial charge in [-0.3, -0.25) is 9.69 Å². The van der Waals surface area contributed by atoms with E-state index in [4.69, 9.17) is 9.47 Å². The minimum absolute atomic E-state index is 0.0814. The molecule has 0 saturated carbocycles. The molecule has 3 N–H and O–H groups in total. The van der Waals surface area contributed by atoms with E-state index in [1.807, 2.05) is 71.6 Å². The lowest BCUT2D eigenvalue weighted by molar-refractivity contribution is -0.148. The number of nitrogens with zero attached hydrogens (tertiary/aromatic N) is 1. The summed E-state index contributed by atoms with van der Waals surface area (Å²) in [6.07, 6.45) is -0.558. The number of hydrogen-bond donors (Lipinski definition) is 3. The van der Waals surface area contributed by atoms with E-state index in [9.17, 15) is 19.5 Å². The van der Waals surface area contributed by atoms with Gasteiger partial charge in [-0.1, -0.05) is 78.9 Å². The minimum Gasteiger partial charge on any atom is -0.479 e. The standard InChI is InChI=1S/C32H35N3O6/c1-31(21-40-2,28(36)33-32(29(37)38)16-17-35(20-32)18-22-10-4-3-5-11-22)34-30(39)41-19-27-25-14-8-6-12-23(25)24-13-7-9-15-26(24)27/h3-15,27H,16-21H2,1-2H3,(H,33,36)(H,34,39)(H,37,38). The molecule has 5 rings (SSSR count). The molecule has 1 fully saturated rings. The van der Waals surface area contributed by atoms with Crippen LogP contribution >= 0.6 is 0 Å². The van der Waals surface area contributed by atoms with Crippen LogP contribution in [0, 0.1) is 0 Å². The Morgan fingerprint density at radius 1 is 0.976 bits per heavy atom. The maximum atomic E-state index is 13.6. The van der Waals surface area contributed by atoms with Gasteiger partial charge in [0.2, 0.25) is 5.91 Å². The van der Waals surface area contributed by atoms with Crippen LogP contribution in [0.25, 0.3) is 11.1 Å². The van der Waals surface area contributed by atoms with Crippen LogP contribution in [-0.2, 0) is 25.6 Å². The van der Waals surface area contributed by atoms with Gasteiger partial charge in [-0.2, -0.15) is 0 Å². The van der Waals surface area contributed by atoms with Gasteiger partial charge < -0.3 is 25.2 Å². The Kier molecular flexibility index (Phi) is 8.10. The molecule has 2 amide bonds. The van der Waals surface area contributed by atoms with Gasteiger partial charge in [-0.05, 0) is 41.2 Å². The summed E-state index contributed by atoms with van der Waals surface area (Å²) in [5, 5.41) is 15.5. The monoisotopic (exact) mass is 557 g/mol. The normalized spacial score (nSPS) is 19.6. The molecule has 0 radical (unpaired) electrons. The Labute approximate surface area is 239 Å². The number of rotatable bonds is 10. The number of aliphatic carboxylic acids is 1. The second kappa shape index (κ2) is 11.7. The first kappa shape index (κ1) is 28.3. The van der Waals surface area contributed by atoms with Gasteiger partial charge in [0.15, 0.2) is 5.54 Å². The summed E-state index contributed by atoms with van der Waals surface area (Å²) < 4.78 is 10.9. The largest absolute Gasteiger partial charge is 0.479 e. The van der Waals surface area contributed by atoms with Crippen molar-refractivity contribution in [2.75, 3.05) is 33.4 Å². The molecule has 3 aromatic carbocycles. The van der Waals surface area contributed by atoms with Gasteiger partial charge in [0.05, 0.1) is 6.61 Å². The van der Waals surface area contributed by atoms with Crippen molar-refractivity contribution in [2.45, 2.75) is 36.9 Å². The summed E-state index contributed by atoms with van der Waals surface area (Å²) in [6, 6.07) is 25.8. The molecule has 2 aliphatic rings. The molecule has 0 bridgehead atoms. The van der Waals surface area contributed by atoms with Crippen LogP contribution in [0.4, 0.5) is 4.79 Å². The molecule has 0 spiro atoms. The zero-order valence-corrected chi connectivity index (χ0v) is 23.3. The summed E-state index contributed by atoms with van der Waals surface area (Å²) in [5.74, 6) is -1.92. The summed E-state index contributed by atoms with van der Waals surface area (Å²) in [7, 11) is 1.41. The third-order valence-electron chi connectivity index (χ3n) is 8.02. The smallest absolute Gasteiger partial charge is 0.408 e. The van der Waals surface area contributed by atoms with Gasteiger partial charge in [0.1, 0.15) is 12.1 Å². The molecule has 1 aliphatic carbocycles. The summed E-state index contributed by atoms with van der Waals surface area (Å²) >= 11 is 0. The highest BCUT2D eigenvalue weighted by Crippen LogP contribution is 2.44. The van der Waals surface area contributed by atoms with E-state index < -0.39 is 29.0 Å². The van der Waals surface area contributed by atoms with E-state index >= 15 is 0 Å². The molecular formula is C32H35N3O6. The predicted octanol–water partition coefficient (Wildman–Crippen LogP) is 3.78. The molecule has 3 aromatic rings. The fourth-order valence-electron chi connectivity index (χ4n) is 5.86. The van der Waals surface area contributed by atoms with Gasteiger partial charge in [-0.25, -0.2) is 9.59 Å². The average Bonchev–Trinajstić information content (AvgIpc) is 3.52. The number of methoxy groups -OCH3 is 1. The van der Waals surface area contributed by atoms with Gasteiger partial charge in [-0.15, -0.1) is 0 Å². The summed E-state index contributed by atoms with van der Waals surface area (Å²) in [4.78, 5) is 41.0.